The molecule has 3 aliphatic rings. The number of phenolic OH excluding ortho intramolecular Hbond substituents is 1. The fourth-order valence-electron chi connectivity index (χ4n) is 6.55. The first-order valence-corrected chi connectivity index (χ1v) is 13.5. The minimum absolute atomic E-state index is 0.168. The molecule has 2 unspecified atom stereocenters. The van der Waals surface area contributed by atoms with Crippen LogP contribution in [0.3, 0.4) is 0 Å². The number of aromatic nitrogens is 4. The molecule has 5 N–H and O–H groups in total. The highest BCUT2D eigenvalue weighted by molar-refractivity contribution is 5.75. The number of piperazine rings is 1. The van der Waals surface area contributed by atoms with Crippen LogP contribution in [0.25, 0.3) is 11.3 Å². The zero-order valence-electron chi connectivity index (χ0n) is 21.4. The van der Waals surface area contributed by atoms with Crippen molar-refractivity contribution >= 4 is 23.4 Å². The number of rotatable bonds is 6. The fourth-order valence-corrected chi connectivity index (χ4v) is 6.55. The molecular weight excluding hydrogens is 480 g/mol. The van der Waals surface area contributed by atoms with Gasteiger partial charge in [-0.2, -0.15) is 0 Å². The van der Waals surface area contributed by atoms with Gasteiger partial charge in [-0.25, -0.2) is 9.97 Å². The van der Waals surface area contributed by atoms with Gasteiger partial charge in [0.25, 0.3) is 0 Å². The molecule has 4 heterocycles. The lowest BCUT2D eigenvalue weighted by Gasteiger charge is -2.42. The summed E-state index contributed by atoms with van der Waals surface area (Å²) in [4.78, 5) is 25.5. The second-order valence-corrected chi connectivity index (χ2v) is 10.9. The van der Waals surface area contributed by atoms with Crippen molar-refractivity contribution in [1.82, 2.24) is 20.2 Å². The number of carbonyl (C=O) groups excluding carboxylic acids is 1. The van der Waals surface area contributed by atoms with E-state index in [2.05, 4.69) is 20.0 Å². The Morgan fingerprint density at radius 2 is 1.66 bits per heavy atom. The number of nitrogen functional groups attached to an aromatic ring is 1. The minimum Gasteiger partial charge on any atom is -0.507 e. The monoisotopic (exact) mass is 514 g/mol. The van der Waals surface area contributed by atoms with Gasteiger partial charge < -0.3 is 26.4 Å². The van der Waals surface area contributed by atoms with E-state index in [0.29, 0.717) is 35.3 Å². The summed E-state index contributed by atoms with van der Waals surface area (Å²) in [6, 6.07) is 9.62. The van der Waals surface area contributed by atoms with E-state index in [0.717, 1.165) is 63.3 Å². The molecule has 1 aliphatic carbocycles. The van der Waals surface area contributed by atoms with Crippen LogP contribution in [0, 0.1) is 5.92 Å². The summed E-state index contributed by atoms with van der Waals surface area (Å²) in [5, 5.41) is 18.7. The van der Waals surface area contributed by atoms with E-state index in [1.165, 1.54) is 5.56 Å². The van der Waals surface area contributed by atoms with Crippen LogP contribution in [0.1, 0.15) is 56.4 Å². The third-order valence-electron chi connectivity index (χ3n) is 8.50. The molecule has 0 radical (unpaired) electrons. The van der Waals surface area contributed by atoms with E-state index in [1.807, 2.05) is 30.6 Å². The molecule has 1 aromatic carbocycles. The van der Waals surface area contributed by atoms with Crippen molar-refractivity contribution in [3.8, 4) is 17.0 Å². The van der Waals surface area contributed by atoms with Gasteiger partial charge in [0.15, 0.2) is 5.82 Å². The van der Waals surface area contributed by atoms with Gasteiger partial charge in [-0.05, 0) is 74.1 Å². The zero-order chi connectivity index (χ0) is 26.2. The van der Waals surface area contributed by atoms with E-state index in [1.54, 1.807) is 12.1 Å². The Balaban J connectivity index is 1.15. The van der Waals surface area contributed by atoms with Crippen LogP contribution in [-0.2, 0) is 4.79 Å². The Hall–Kier alpha value is -3.95. The smallest absolute Gasteiger partial charge is 0.225 e. The van der Waals surface area contributed by atoms with E-state index in [9.17, 15) is 9.90 Å². The second-order valence-electron chi connectivity index (χ2n) is 10.9. The predicted octanol–water partition coefficient (Wildman–Crippen LogP) is 3.23. The average Bonchev–Trinajstić information content (AvgIpc) is 3.18. The summed E-state index contributed by atoms with van der Waals surface area (Å²) in [6.45, 7) is 1.59. The van der Waals surface area contributed by atoms with E-state index < -0.39 is 0 Å². The molecule has 1 amide bonds. The van der Waals surface area contributed by atoms with Crippen molar-refractivity contribution in [2.24, 2.45) is 11.7 Å². The first-order chi connectivity index (χ1) is 18.5. The Morgan fingerprint density at radius 1 is 0.974 bits per heavy atom. The van der Waals surface area contributed by atoms with Gasteiger partial charge in [-0.1, -0.05) is 12.1 Å². The number of benzene rings is 1. The number of para-hydroxylation sites is 1. The standard InChI is InChI=1S/C28H34N8O2/c29-26(38)11-17-5-7-18(8-6-17)19-13-31-28(32-14-19)36-20-9-10-21(36)16-35(15-20)24-12-23(33-34-27(24)30)22-3-1-2-4-25(22)37/h1-4,12-14,17-18,20-21,37H,5-11,15-16H2,(H2,29,38)(H2,30,34). The van der Waals surface area contributed by atoms with E-state index in [-0.39, 0.29) is 23.7 Å². The summed E-state index contributed by atoms with van der Waals surface area (Å²) < 4.78 is 0. The van der Waals surface area contributed by atoms with Crippen molar-refractivity contribution in [2.75, 3.05) is 28.6 Å². The molecule has 3 aromatic rings. The summed E-state index contributed by atoms with van der Waals surface area (Å²) in [6.07, 6.45) is 10.8. The summed E-state index contributed by atoms with van der Waals surface area (Å²) >= 11 is 0. The molecule has 1 saturated carbocycles. The van der Waals surface area contributed by atoms with E-state index in [4.69, 9.17) is 21.4 Å². The number of primary amides is 1. The molecule has 38 heavy (non-hydrogen) atoms. The lowest BCUT2D eigenvalue weighted by atomic mass is 9.78. The number of nitrogens with zero attached hydrogens (tertiary/aromatic N) is 6. The van der Waals surface area contributed by atoms with Crippen LogP contribution >= 0.6 is 0 Å². The number of nitrogens with two attached hydrogens (primary N) is 2. The maximum absolute atomic E-state index is 11.2. The molecule has 2 aromatic heterocycles. The Kier molecular flexibility index (Phi) is 6.47. The first kappa shape index (κ1) is 24.4. The van der Waals surface area contributed by atoms with Gasteiger partial charge in [0.1, 0.15) is 5.75 Å². The number of fused-ring (bicyclic) bond motifs is 2. The average molecular weight is 515 g/mol. The number of carbonyl (C=O) groups is 1. The molecule has 10 heteroatoms. The third kappa shape index (κ3) is 4.70. The molecule has 198 valence electrons. The van der Waals surface area contributed by atoms with E-state index >= 15 is 0 Å². The van der Waals surface area contributed by atoms with Crippen molar-refractivity contribution in [3.05, 3.63) is 48.3 Å². The van der Waals surface area contributed by atoms with Gasteiger partial charge in [0.2, 0.25) is 11.9 Å². The first-order valence-electron chi connectivity index (χ1n) is 13.5. The Bertz CT molecular complexity index is 1290. The van der Waals surface area contributed by atoms with Crippen LogP contribution in [0.4, 0.5) is 17.5 Å². The van der Waals surface area contributed by atoms with Crippen LogP contribution in [0.5, 0.6) is 5.75 Å². The number of aromatic hydroxyl groups is 1. The topological polar surface area (TPSA) is 147 Å². The number of amides is 1. The van der Waals surface area contributed by atoms with Crippen molar-refractivity contribution < 1.29 is 9.90 Å². The molecule has 0 spiro atoms. The van der Waals surface area contributed by atoms with Crippen LogP contribution in [0.2, 0.25) is 0 Å². The normalized spacial score (nSPS) is 24.9. The van der Waals surface area contributed by atoms with Gasteiger partial charge in [0.05, 0.1) is 11.4 Å². The molecule has 6 rings (SSSR count). The summed E-state index contributed by atoms with van der Waals surface area (Å²) in [5.74, 6) is 2.01. The van der Waals surface area contributed by atoms with Gasteiger partial charge >= 0.3 is 0 Å². The van der Waals surface area contributed by atoms with Crippen LogP contribution in [-0.4, -0.2) is 56.4 Å². The SMILES string of the molecule is NC(=O)CC1CCC(c2cnc(N3C4CCC3CN(c3cc(-c5ccccc5O)nnc3N)C4)nc2)CC1. The highest BCUT2D eigenvalue weighted by Crippen LogP contribution is 2.39. The maximum Gasteiger partial charge on any atom is 0.225 e. The minimum atomic E-state index is -0.199. The molecule has 2 bridgehead atoms. The lowest BCUT2D eigenvalue weighted by Crippen LogP contribution is -2.54. The van der Waals surface area contributed by atoms with Gasteiger partial charge in [0, 0.05) is 49.6 Å². The second kappa shape index (κ2) is 10.1. The zero-order valence-corrected chi connectivity index (χ0v) is 21.4. The Morgan fingerprint density at radius 3 is 2.32 bits per heavy atom. The van der Waals surface area contributed by atoms with Crippen molar-refractivity contribution in [1.29, 1.82) is 0 Å². The number of hydrogen-bond acceptors (Lipinski definition) is 9. The molecule has 10 nitrogen and oxygen atoms in total. The Labute approximate surface area is 222 Å². The summed E-state index contributed by atoms with van der Waals surface area (Å²) in [5.41, 5.74) is 14.9. The van der Waals surface area contributed by atoms with Gasteiger partial charge in [-0.15, -0.1) is 10.2 Å². The molecule has 2 aliphatic heterocycles. The highest BCUT2D eigenvalue weighted by atomic mass is 16.3. The van der Waals surface area contributed by atoms with Crippen LogP contribution < -0.4 is 21.3 Å². The maximum atomic E-state index is 11.2. The molecular formula is C28H34N8O2. The van der Waals surface area contributed by atoms with Crippen molar-refractivity contribution in [2.45, 2.75) is 62.9 Å². The molecule has 2 atom stereocenters. The summed E-state index contributed by atoms with van der Waals surface area (Å²) in [7, 11) is 0. The van der Waals surface area contributed by atoms with Gasteiger partial charge in [-0.3, -0.25) is 4.79 Å². The number of phenols is 1. The van der Waals surface area contributed by atoms with Crippen molar-refractivity contribution in [3.63, 3.8) is 0 Å². The van der Waals surface area contributed by atoms with Crippen LogP contribution in [0.15, 0.2) is 42.7 Å². The number of anilines is 3. The molecule has 2 saturated heterocycles. The predicted molar refractivity (Wildman–Crippen MR) is 146 cm³/mol. The molecule has 3 fully saturated rings. The quantitative estimate of drug-likeness (QED) is 0.451. The lowest BCUT2D eigenvalue weighted by molar-refractivity contribution is -0.119. The fraction of sp³-hybridized carbons (Fsp3) is 0.464. The highest BCUT2D eigenvalue weighted by Gasteiger charge is 2.42. The largest absolute Gasteiger partial charge is 0.507 e. The number of hydrogen-bond donors (Lipinski definition) is 3. The third-order valence-corrected chi connectivity index (χ3v) is 8.50.